The molecular formula is C11H11BrO3. The highest BCUT2D eigenvalue weighted by atomic mass is 79.9. The van der Waals surface area contributed by atoms with E-state index in [1.807, 2.05) is 30.3 Å². The van der Waals surface area contributed by atoms with Crippen LogP contribution in [-0.2, 0) is 20.9 Å². The summed E-state index contributed by atoms with van der Waals surface area (Å²) in [6.45, 7) is 0.260. The first-order valence-corrected chi connectivity index (χ1v) is 5.35. The van der Waals surface area contributed by atoms with Crippen molar-refractivity contribution in [2.45, 2.75) is 19.4 Å². The topological polar surface area (TPSA) is 43.4 Å². The van der Waals surface area contributed by atoms with Crippen molar-refractivity contribution in [1.82, 2.24) is 0 Å². The predicted octanol–water partition coefficient (Wildman–Crippen LogP) is 2.43. The normalized spacial score (nSPS) is 9.67. The van der Waals surface area contributed by atoms with Crippen molar-refractivity contribution in [3.8, 4) is 0 Å². The molecule has 0 spiro atoms. The molecule has 0 fully saturated rings. The monoisotopic (exact) mass is 270 g/mol. The largest absolute Gasteiger partial charge is 0.461 e. The van der Waals surface area contributed by atoms with Crippen molar-refractivity contribution < 1.29 is 14.3 Å². The van der Waals surface area contributed by atoms with Crippen molar-refractivity contribution in [3.05, 3.63) is 35.9 Å². The Morgan fingerprint density at radius 2 is 1.80 bits per heavy atom. The number of carbonyl (C=O) groups excluding carboxylic acids is 2. The van der Waals surface area contributed by atoms with E-state index in [1.54, 1.807) is 0 Å². The lowest BCUT2D eigenvalue weighted by atomic mass is 10.2. The zero-order valence-electron chi connectivity index (χ0n) is 8.11. The minimum absolute atomic E-state index is 0.122. The highest BCUT2D eigenvalue weighted by molar-refractivity contribution is 9.18. The van der Waals surface area contributed by atoms with Crippen LogP contribution >= 0.6 is 15.9 Å². The molecule has 0 aliphatic rings. The summed E-state index contributed by atoms with van der Waals surface area (Å²) in [5, 5.41) is 0. The van der Waals surface area contributed by atoms with Crippen LogP contribution in [0.1, 0.15) is 18.4 Å². The van der Waals surface area contributed by atoms with Gasteiger partial charge in [-0.2, -0.15) is 0 Å². The van der Waals surface area contributed by atoms with Gasteiger partial charge in [0.15, 0.2) is 4.69 Å². The maximum atomic E-state index is 11.1. The van der Waals surface area contributed by atoms with Crippen LogP contribution in [0.3, 0.4) is 0 Å². The zero-order valence-corrected chi connectivity index (χ0v) is 9.70. The summed E-state index contributed by atoms with van der Waals surface area (Å²) in [7, 11) is 0. The Morgan fingerprint density at radius 1 is 1.13 bits per heavy atom. The maximum Gasteiger partial charge on any atom is 0.306 e. The summed E-state index contributed by atoms with van der Waals surface area (Å²) >= 11 is 2.75. The quantitative estimate of drug-likeness (QED) is 0.610. The smallest absolute Gasteiger partial charge is 0.306 e. The van der Waals surface area contributed by atoms with E-state index in [0.29, 0.717) is 0 Å². The van der Waals surface area contributed by atoms with Gasteiger partial charge < -0.3 is 4.74 Å². The van der Waals surface area contributed by atoms with Crippen LogP contribution in [0.2, 0.25) is 0 Å². The molecule has 0 aliphatic carbocycles. The molecule has 0 N–H and O–H groups in total. The lowest BCUT2D eigenvalue weighted by Crippen LogP contribution is -2.05. The number of esters is 1. The molecule has 0 unspecified atom stereocenters. The summed E-state index contributed by atoms with van der Waals surface area (Å²) in [6.07, 6.45) is 0.296. The third kappa shape index (κ3) is 5.32. The van der Waals surface area contributed by atoms with E-state index < -0.39 is 0 Å². The van der Waals surface area contributed by atoms with E-state index in [0.717, 1.165) is 5.56 Å². The fourth-order valence-electron chi connectivity index (χ4n) is 1.01. The summed E-state index contributed by atoms with van der Waals surface area (Å²) in [6, 6.07) is 9.41. The van der Waals surface area contributed by atoms with Gasteiger partial charge in [0.2, 0.25) is 0 Å². The Balaban J connectivity index is 2.26. The van der Waals surface area contributed by atoms with Crippen LogP contribution in [0.5, 0.6) is 0 Å². The Hall–Kier alpha value is -1.16. The second-order valence-corrected chi connectivity index (χ2v) is 3.89. The number of halogens is 1. The second kappa shape index (κ2) is 6.35. The molecule has 1 aromatic carbocycles. The first kappa shape index (κ1) is 11.9. The van der Waals surface area contributed by atoms with Crippen LogP contribution < -0.4 is 0 Å². The third-order valence-electron chi connectivity index (χ3n) is 1.77. The van der Waals surface area contributed by atoms with E-state index in [9.17, 15) is 9.59 Å². The van der Waals surface area contributed by atoms with Gasteiger partial charge in [0, 0.05) is 6.42 Å². The minimum Gasteiger partial charge on any atom is -0.461 e. The molecule has 80 valence electrons. The first-order chi connectivity index (χ1) is 7.18. The Labute approximate surface area is 96.6 Å². The van der Waals surface area contributed by atoms with Crippen LogP contribution in [0.4, 0.5) is 0 Å². The Morgan fingerprint density at radius 3 is 2.40 bits per heavy atom. The summed E-state index contributed by atoms with van der Waals surface area (Å²) in [5.74, 6) is -0.355. The Kier molecular flexibility index (Phi) is 5.04. The van der Waals surface area contributed by atoms with Crippen LogP contribution in [0.15, 0.2) is 30.3 Å². The van der Waals surface area contributed by atoms with Gasteiger partial charge in [0.25, 0.3) is 0 Å². The molecule has 3 nitrogen and oxygen atoms in total. The summed E-state index contributed by atoms with van der Waals surface area (Å²) in [4.78, 5) is 21.7. The van der Waals surface area contributed by atoms with E-state index >= 15 is 0 Å². The number of ether oxygens (including phenoxy) is 1. The molecule has 4 heteroatoms. The van der Waals surface area contributed by atoms with Gasteiger partial charge >= 0.3 is 5.97 Å². The lowest BCUT2D eigenvalue weighted by Gasteiger charge is -2.03. The van der Waals surface area contributed by atoms with Gasteiger partial charge in [-0.15, -0.1) is 0 Å². The standard InChI is InChI=1S/C11H11BrO3/c12-10(13)6-7-11(14)15-8-9-4-2-1-3-5-9/h1-5H,6-8H2. The highest BCUT2D eigenvalue weighted by Gasteiger charge is 2.05. The number of rotatable bonds is 5. The van der Waals surface area contributed by atoms with Crippen molar-refractivity contribution in [3.63, 3.8) is 0 Å². The van der Waals surface area contributed by atoms with Crippen molar-refractivity contribution in [2.75, 3.05) is 0 Å². The van der Waals surface area contributed by atoms with Crippen molar-refractivity contribution >= 4 is 26.6 Å². The van der Waals surface area contributed by atoms with Gasteiger partial charge in [0.1, 0.15) is 6.61 Å². The van der Waals surface area contributed by atoms with Crippen LogP contribution in [-0.4, -0.2) is 10.7 Å². The Bertz CT molecular complexity index is 335. The molecule has 1 rings (SSSR count). The molecule has 0 heterocycles. The number of benzene rings is 1. The van der Waals surface area contributed by atoms with Gasteiger partial charge in [-0.05, 0) is 21.5 Å². The highest BCUT2D eigenvalue weighted by Crippen LogP contribution is 2.04. The molecule has 0 aliphatic heterocycles. The molecule has 0 aromatic heterocycles. The molecule has 0 saturated carbocycles. The maximum absolute atomic E-state index is 11.1. The lowest BCUT2D eigenvalue weighted by molar-refractivity contribution is -0.145. The van der Waals surface area contributed by atoms with Gasteiger partial charge in [-0.3, -0.25) is 9.59 Å². The zero-order chi connectivity index (χ0) is 11.1. The van der Waals surface area contributed by atoms with Crippen molar-refractivity contribution in [1.29, 1.82) is 0 Å². The molecule has 0 bridgehead atoms. The van der Waals surface area contributed by atoms with Crippen LogP contribution in [0, 0.1) is 0 Å². The van der Waals surface area contributed by atoms with E-state index in [1.165, 1.54) is 0 Å². The first-order valence-electron chi connectivity index (χ1n) is 4.56. The number of carbonyl (C=O) groups is 2. The molecular weight excluding hydrogens is 260 g/mol. The average molecular weight is 271 g/mol. The van der Waals surface area contributed by atoms with Crippen molar-refractivity contribution in [2.24, 2.45) is 0 Å². The predicted molar refractivity (Wildman–Crippen MR) is 59.4 cm³/mol. The summed E-state index contributed by atoms with van der Waals surface area (Å²) in [5.41, 5.74) is 0.941. The molecule has 0 radical (unpaired) electrons. The minimum atomic E-state index is -0.355. The molecule has 0 atom stereocenters. The van der Waals surface area contributed by atoms with Gasteiger partial charge in [-0.25, -0.2) is 0 Å². The fourth-order valence-corrected chi connectivity index (χ4v) is 1.21. The van der Waals surface area contributed by atoms with Gasteiger partial charge in [0.05, 0.1) is 6.42 Å². The third-order valence-corrected chi connectivity index (χ3v) is 2.16. The summed E-state index contributed by atoms with van der Waals surface area (Å²) < 4.78 is 4.79. The van der Waals surface area contributed by atoms with E-state index in [-0.39, 0.29) is 30.1 Å². The second-order valence-electron chi connectivity index (χ2n) is 3.00. The average Bonchev–Trinajstić information content (AvgIpc) is 2.25. The molecule has 0 amide bonds. The molecule has 0 saturated heterocycles. The van der Waals surface area contributed by atoms with E-state index in [4.69, 9.17) is 4.74 Å². The van der Waals surface area contributed by atoms with Crippen LogP contribution in [0.25, 0.3) is 0 Å². The molecule has 1 aromatic rings. The number of hydrogen-bond donors (Lipinski definition) is 0. The van der Waals surface area contributed by atoms with Gasteiger partial charge in [-0.1, -0.05) is 30.3 Å². The van der Waals surface area contributed by atoms with E-state index in [2.05, 4.69) is 15.9 Å². The number of hydrogen-bond acceptors (Lipinski definition) is 3. The fraction of sp³-hybridized carbons (Fsp3) is 0.273. The molecule has 15 heavy (non-hydrogen) atoms. The SMILES string of the molecule is O=C(Br)CCC(=O)OCc1ccccc1.